The van der Waals surface area contributed by atoms with Crippen LogP contribution in [0.4, 0.5) is 5.69 Å². The van der Waals surface area contributed by atoms with Crippen molar-refractivity contribution < 1.29 is 42.4 Å². The van der Waals surface area contributed by atoms with E-state index in [0.29, 0.717) is 34.2 Å². The van der Waals surface area contributed by atoms with Gasteiger partial charge in [0, 0.05) is 10.8 Å². The van der Waals surface area contributed by atoms with Gasteiger partial charge < -0.3 is 4.18 Å². The van der Waals surface area contributed by atoms with Crippen molar-refractivity contribution >= 4 is 91.7 Å². The van der Waals surface area contributed by atoms with Crippen molar-refractivity contribution in [3.63, 3.8) is 0 Å². The zero-order chi connectivity index (χ0) is 50.1. The Labute approximate surface area is 429 Å². The Hall–Kier alpha value is -5.22. The topological polar surface area (TPSA) is 231 Å². The zero-order valence-corrected chi connectivity index (χ0v) is 43.9. The first-order valence-corrected chi connectivity index (χ1v) is 31.3. The average molecular weight is 1110 g/mol. The molecule has 0 aliphatic carbocycles. The predicted molar refractivity (Wildman–Crippen MR) is 282 cm³/mol. The quantitative estimate of drug-likeness (QED) is 0.0311. The van der Waals surface area contributed by atoms with Gasteiger partial charge >= 0.3 is 20.6 Å². The van der Waals surface area contributed by atoms with Crippen molar-refractivity contribution in [2.75, 3.05) is 15.9 Å². The minimum atomic E-state index is -5.46. The molecular weight excluding hydrogens is 1070 g/mol. The Morgan fingerprint density at radius 2 is 1.04 bits per heavy atom. The molecule has 8 rings (SSSR count). The number of para-hydroxylation sites is 2. The van der Waals surface area contributed by atoms with Crippen LogP contribution in [0.3, 0.4) is 0 Å². The predicted octanol–water partition coefficient (Wildman–Crippen LogP) is 8.78. The second-order valence-corrected chi connectivity index (χ2v) is 25.8. The molecule has 0 aliphatic rings. The third kappa shape index (κ3) is 14.7. The second kappa shape index (κ2) is 23.1. The van der Waals surface area contributed by atoms with Crippen molar-refractivity contribution in [2.45, 2.75) is 44.2 Å². The van der Waals surface area contributed by atoms with Gasteiger partial charge in [0.1, 0.15) is 15.8 Å². The second-order valence-electron chi connectivity index (χ2n) is 15.9. The molecule has 0 radical (unpaired) electrons. The van der Waals surface area contributed by atoms with E-state index in [4.69, 9.17) is 14.2 Å². The van der Waals surface area contributed by atoms with E-state index in [1.54, 1.807) is 35.0 Å². The number of benzene rings is 4. The summed E-state index contributed by atoms with van der Waals surface area (Å²) in [6.45, 7) is 0. The van der Waals surface area contributed by atoms with Gasteiger partial charge in [-0.1, -0.05) is 114 Å². The number of hydrogen-bond acceptors (Lipinski definition) is 15. The van der Waals surface area contributed by atoms with Crippen LogP contribution in [0.1, 0.15) is 52.1 Å². The van der Waals surface area contributed by atoms with Crippen LogP contribution in [0.25, 0.3) is 19.8 Å². The van der Waals surface area contributed by atoms with Crippen molar-refractivity contribution in [1.82, 2.24) is 24.2 Å². The minimum Gasteiger partial charge on any atom is -0.369 e. The van der Waals surface area contributed by atoms with Gasteiger partial charge in [-0.3, -0.25) is 4.55 Å². The first-order valence-electron chi connectivity index (χ1n) is 21.7. The first-order chi connectivity index (χ1) is 34.0. The van der Waals surface area contributed by atoms with Crippen LogP contribution in [-0.2, 0) is 66.3 Å². The van der Waals surface area contributed by atoms with Gasteiger partial charge in [-0.15, -0.1) is 45.3 Å². The van der Waals surface area contributed by atoms with Crippen molar-refractivity contribution in [2.24, 2.45) is 0 Å². The summed E-state index contributed by atoms with van der Waals surface area (Å²) in [5.41, 5.74) is 2.43. The molecule has 0 saturated heterocycles. The minimum absolute atomic E-state index is 0.0210. The molecule has 8 aromatic rings. The van der Waals surface area contributed by atoms with Crippen LogP contribution in [0.15, 0.2) is 155 Å². The van der Waals surface area contributed by atoms with Crippen LogP contribution in [-0.4, -0.2) is 59.7 Å². The molecule has 4 N–H and O–H groups in total. The fourth-order valence-electron chi connectivity index (χ4n) is 7.43. The number of hydrazine groups is 1. The maximum atomic E-state index is 14.0. The van der Waals surface area contributed by atoms with Crippen LogP contribution in [0.5, 0.6) is 5.75 Å². The van der Waals surface area contributed by atoms with Crippen molar-refractivity contribution in [3.05, 3.63) is 189 Å². The van der Waals surface area contributed by atoms with Crippen LogP contribution < -0.4 is 22.9 Å². The van der Waals surface area contributed by atoms with Gasteiger partial charge in [-0.2, -0.15) is 21.2 Å². The third-order valence-corrected chi connectivity index (χ3v) is 19.1. The van der Waals surface area contributed by atoms with E-state index in [-0.39, 0.29) is 57.7 Å². The lowest BCUT2D eigenvalue weighted by Crippen LogP contribution is -2.48. The third-order valence-electron chi connectivity index (χ3n) is 10.7. The smallest absolute Gasteiger partial charge is 0.369 e. The summed E-state index contributed by atoms with van der Waals surface area (Å²) < 4.78 is 131. The normalized spacial score (nSPS) is 13.2. The molecule has 0 fully saturated rings. The number of rotatable bonds is 25. The standard InChI is InChI=1S/C47H46N6O10S8/c54-68(55,28-13-18-34-14-3-1-4-15-34)50-39(41-33-67-47(49-41)45-24-12-27-65-45)31-37-20-8-10-22-43(37)63-70(58,59)52-53(71(60,61)62)42-21-9-7-19-36(42)30-38(40-32-66-46(48-40)44-23-11-26-64-44)51-69(56,57)29-25-35-16-5-2-6-17-35/h1-12,14-17,19-24,26-27,32-33,38-39,50-52H,13,18,25,28-31H2,(H,60,61,62). The number of thiazole rings is 2. The Morgan fingerprint density at radius 3 is 1.59 bits per heavy atom. The number of aromatic nitrogens is 2. The lowest BCUT2D eigenvalue weighted by atomic mass is 10.0. The van der Waals surface area contributed by atoms with Crippen LogP contribution in [0.2, 0.25) is 0 Å². The van der Waals surface area contributed by atoms with Gasteiger partial charge in [0.05, 0.1) is 50.4 Å². The Morgan fingerprint density at radius 1 is 0.549 bits per heavy atom. The number of anilines is 1. The molecule has 16 nitrogen and oxygen atoms in total. The molecule has 4 aromatic heterocycles. The Bertz CT molecular complexity index is 3470. The Kier molecular flexibility index (Phi) is 17.0. The summed E-state index contributed by atoms with van der Waals surface area (Å²) in [7, 11) is -18.6. The van der Waals surface area contributed by atoms with Gasteiger partial charge in [0.2, 0.25) is 20.0 Å². The SMILES string of the molecule is O=S(=O)(CCCc1ccccc1)NC(Cc1ccccc1OS(=O)(=O)NN(c1ccccc1CC(NS(=O)(=O)CCc1ccccc1)c1csc(-c2cccs2)n1)S(=O)(=O)O)c1csc(-c2cccs2)n1. The summed E-state index contributed by atoms with van der Waals surface area (Å²) >= 11 is 5.52. The van der Waals surface area contributed by atoms with Crippen molar-refractivity contribution in [3.8, 4) is 25.5 Å². The van der Waals surface area contributed by atoms with Crippen LogP contribution in [0, 0.1) is 0 Å². The molecule has 0 amide bonds. The lowest BCUT2D eigenvalue weighted by Gasteiger charge is -2.25. The lowest BCUT2D eigenvalue weighted by molar-refractivity contribution is 0.452. The molecule has 372 valence electrons. The average Bonchev–Trinajstić information content (AvgIpc) is 4.20. The van der Waals surface area contributed by atoms with E-state index in [9.17, 15) is 38.2 Å². The number of nitrogens with zero attached hydrogens (tertiary/aromatic N) is 3. The largest absolute Gasteiger partial charge is 0.400 e. The summed E-state index contributed by atoms with van der Waals surface area (Å²) in [5, 5.41) is 8.48. The molecule has 0 bridgehead atoms. The number of nitrogens with one attached hydrogen (secondary N) is 3. The fraction of sp³-hybridized carbons (Fsp3) is 0.191. The number of aryl methyl sites for hydroxylation is 2. The van der Waals surface area contributed by atoms with Crippen molar-refractivity contribution in [1.29, 1.82) is 0 Å². The number of hydrogen-bond donors (Lipinski definition) is 4. The number of sulfonamides is 2. The van der Waals surface area contributed by atoms with E-state index in [0.717, 1.165) is 20.9 Å². The summed E-state index contributed by atoms with van der Waals surface area (Å²) in [4.78, 5) is 13.1. The van der Waals surface area contributed by atoms with Crippen LogP contribution >= 0.6 is 45.3 Å². The highest BCUT2D eigenvalue weighted by Crippen LogP contribution is 2.35. The number of thiophene rings is 2. The molecular formula is C47H46N6O10S8. The van der Waals surface area contributed by atoms with Gasteiger partial charge in [0.15, 0.2) is 0 Å². The van der Waals surface area contributed by atoms with Gasteiger partial charge in [0.25, 0.3) is 0 Å². The van der Waals surface area contributed by atoms with Gasteiger partial charge in [-0.05, 0) is 89.4 Å². The maximum Gasteiger partial charge on any atom is 0.400 e. The highest BCUT2D eigenvalue weighted by atomic mass is 32.3. The maximum absolute atomic E-state index is 14.0. The van der Waals surface area contributed by atoms with E-state index in [2.05, 4.69) is 9.44 Å². The monoisotopic (exact) mass is 1110 g/mol. The first kappa shape index (κ1) is 52.1. The molecule has 2 unspecified atom stereocenters. The highest BCUT2D eigenvalue weighted by Gasteiger charge is 2.32. The fourth-order valence-corrected chi connectivity index (χ4v) is 15.2. The van der Waals surface area contributed by atoms with E-state index in [1.165, 1.54) is 81.7 Å². The highest BCUT2D eigenvalue weighted by molar-refractivity contribution is 7.90. The van der Waals surface area contributed by atoms with E-state index >= 15 is 0 Å². The Balaban J connectivity index is 1.05. The van der Waals surface area contributed by atoms with E-state index in [1.807, 2.05) is 88.4 Å². The summed E-state index contributed by atoms with van der Waals surface area (Å²) in [6.07, 6.45) is 0.656. The molecule has 4 aromatic carbocycles. The van der Waals surface area contributed by atoms with Gasteiger partial charge in [-0.25, -0.2) is 36.2 Å². The summed E-state index contributed by atoms with van der Waals surface area (Å²) in [6, 6.07) is 35.5. The molecule has 24 heteroatoms. The molecule has 2 atom stereocenters. The molecule has 0 saturated carbocycles. The molecule has 0 spiro atoms. The molecule has 4 heterocycles. The molecule has 71 heavy (non-hydrogen) atoms. The summed E-state index contributed by atoms with van der Waals surface area (Å²) in [5.74, 6) is -0.765. The zero-order valence-electron chi connectivity index (χ0n) is 37.3. The molecule has 0 aliphatic heterocycles. The van der Waals surface area contributed by atoms with E-state index < -0.39 is 52.7 Å².